The van der Waals surface area contributed by atoms with Gasteiger partial charge in [0.05, 0.1) is 13.0 Å². The van der Waals surface area contributed by atoms with Crippen LogP contribution in [0.25, 0.3) is 0 Å². The van der Waals surface area contributed by atoms with Crippen LogP contribution < -0.4 is 15.4 Å². The molecule has 2 saturated heterocycles. The van der Waals surface area contributed by atoms with E-state index in [0.29, 0.717) is 38.9 Å². The molecule has 3 fully saturated rings. The van der Waals surface area contributed by atoms with E-state index >= 15 is 0 Å². The molecule has 4 rings (SSSR count). The third kappa shape index (κ3) is 4.09. The van der Waals surface area contributed by atoms with Gasteiger partial charge in [-0.1, -0.05) is 12.1 Å². The van der Waals surface area contributed by atoms with Gasteiger partial charge in [0.2, 0.25) is 5.91 Å². The van der Waals surface area contributed by atoms with Crippen molar-refractivity contribution in [3.8, 4) is 5.75 Å². The lowest BCUT2D eigenvalue weighted by Crippen LogP contribution is -2.45. The maximum Gasteiger partial charge on any atom is 0.317 e. The molecule has 0 radical (unpaired) electrons. The van der Waals surface area contributed by atoms with Crippen molar-refractivity contribution in [2.24, 2.45) is 11.3 Å². The summed E-state index contributed by atoms with van der Waals surface area (Å²) in [7, 11) is 1.63. The van der Waals surface area contributed by atoms with E-state index in [1.807, 2.05) is 29.2 Å². The molecule has 1 aromatic carbocycles. The Kier molecular flexibility index (Phi) is 5.44. The van der Waals surface area contributed by atoms with Crippen molar-refractivity contribution in [1.29, 1.82) is 0 Å². The fraction of sp³-hybridized carbons (Fsp3) is 0.619. The van der Waals surface area contributed by atoms with E-state index in [1.54, 1.807) is 7.11 Å². The molecule has 152 valence electrons. The van der Waals surface area contributed by atoms with Crippen molar-refractivity contribution in [2.45, 2.75) is 38.3 Å². The summed E-state index contributed by atoms with van der Waals surface area (Å²) in [4.78, 5) is 27.5. The predicted molar refractivity (Wildman–Crippen MR) is 104 cm³/mol. The Labute approximate surface area is 165 Å². The molecule has 2 aliphatic heterocycles. The number of rotatable bonds is 5. The zero-order valence-corrected chi connectivity index (χ0v) is 16.4. The summed E-state index contributed by atoms with van der Waals surface area (Å²) in [6.45, 7) is 2.84. The topological polar surface area (TPSA) is 79.9 Å². The first-order valence-corrected chi connectivity index (χ1v) is 10.1. The number of carbonyl (C=O) groups is 2. The lowest BCUT2D eigenvalue weighted by atomic mass is 9.71. The maximum atomic E-state index is 12.9. The highest BCUT2D eigenvalue weighted by atomic mass is 16.5. The van der Waals surface area contributed by atoms with Crippen LogP contribution in [0, 0.1) is 11.3 Å². The van der Waals surface area contributed by atoms with Crippen molar-refractivity contribution in [3.63, 3.8) is 0 Å². The second kappa shape index (κ2) is 7.99. The minimum atomic E-state index is -0.162. The summed E-state index contributed by atoms with van der Waals surface area (Å²) >= 11 is 0. The summed E-state index contributed by atoms with van der Waals surface area (Å²) in [5.74, 6) is 0.720. The number of methoxy groups -OCH3 is 1. The molecular formula is C21H29N3O4. The zero-order chi connectivity index (χ0) is 19.6. The zero-order valence-electron chi connectivity index (χ0n) is 16.4. The number of amides is 3. The second-order valence-corrected chi connectivity index (χ2v) is 8.20. The fourth-order valence-corrected chi connectivity index (χ4v) is 4.37. The Morgan fingerprint density at radius 1 is 1.29 bits per heavy atom. The number of likely N-dealkylation sites (tertiary alicyclic amines) is 1. The Balaban J connectivity index is 1.40. The summed E-state index contributed by atoms with van der Waals surface area (Å²) in [5, 5.41) is 6.14. The molecule has 7 nitrogen and oxygen atoms in total. The van der Waals surface area contributed by atoms with Gasteiger partial charge in [-0.2, -0.15) is 0 Å². The van der Waals surface area contributed by atoms with Crippen LogP contribution in [0.5, 0.6) is 5.75 Å². The Morgan fingerprint density at radius 2 is 2.07 bits per heavy atom. The number of hydrogen-bond donors (Lipinski definition) is 2. The number of ether oxygens (including phenoxy) is 2. The Bertz CT molecular complexity index is 728. The minimum absolute atomic E-state index is 0.104. The maximum absolute atomic E-state index is 12.9. The van der Waals surface area contributed by atoms with Crippen molar-refractivity contribution in [1.82, 2.24) is 15.5 Å². The molecule has 1 unspecified atom stereocenters. The van der Waals surface area contributed by atoms with Gasteiger partial charge in [-0.3, -0.25) is 4.79 Å². The van der Waals surface area contributed by atoms with Crippen molar-refractivity contribution >= 4 is 11.9 Å². The molecule has 3 amide bonds. The van der Waals surface area contributed by atoms with E-state index in [-0.39, 0.29) is 23.3 Å². The van der Waals surface area contributed by atoms with Gasteiger partial charge in [0, 0.05) is 44.3 Å². The molecule has 7 heteroatoms. The van der Waals surface area contributed by atoms with E-state index in [2.05, 4.69) is 10.6 Å². The molecular weight excluding hydrogens is 358 g/mol. The number of nitrogens with zero attached hydrogens (tertiary/aromatic N) is 1. The number of carbonyl (C=O) groups excluding carboxylic acids is 2. The first-order valence-electron chi connectivity index (χ1n) is 10.1. The molecule has 2 N–H and O–H groups in total. The molecule has 0 bridgehead atoms. The standard InChI is InChI=1S/C21H29N3O4/c1-27-17-4-2-3-15(11-17)12-22-20(26)24-13-18(19(25)23-16-5-6-16)21(14-24)7-9-28-10-8-21/h2-4,11,16,18H,5-10,12-14H2,1H3,(H,22,26)(H,23,25). The molecule has 1 aromatic rings. The van der Waals surface area contributed by atoms with E-state index in [1.165, 1.54) is 0 Å². The normalized spacial score (nSPS) is 23.5. The van der Waals surface area contributed by atoms with Crippen molar-refractivity contribution < 1.29 is 19.1 Å². The lowest BCUT2D eigenvalue weighted by molar-refractivity contribution is -0.130. The number of nitrogens with one attached hydrogen (secondary N) is 2. The van der Waals surface area contributed by atoms with Crippen LogP contribution in [0.15, 0.2) is 24.3 Å². The van der Waals surface area contributed by atoms with Gasteiger partial charge in [0.1, 0.15) is 5.75 Å². The highest BCUT2D eigenvalue weighted by Crippen LogP contribution is 2.44. The van der Waals surface area contributed by atoms with E-state index in [0.717, 1.165) is 37.0 Å². The first kappa shape index (κ1) is 19.1. The van der Waals surface area contributed by atoms with Crippen LogP contribution in [-0.2, 0) is 16.1 Å². The van der Waals surface area contributed by atoms with Crippen LogP contribution in [-0.4, -0.2) is 56.3 Å². The Hall–Kier alpha value is -2.28. The number of urea groups is 1. The summed E-state index contributed by atoms with van der Waals surface area (Å²) in [6.07, 6.45) is 3.80. The van der Waals surface area contributed by atoms with Crippen molar-refractivity contribution in [3.05, 3.63) is 29.8 Å². The van der Waals surface area contributed by atoms with Gasteiger partial charge in [0.15, 0.2) is 0 Å². The highest BCUT2D eigenvalue weighted by Gasteiger charge is 2.52. The average Bonchev–Trinajstić information content (AvgIpc) is 3.46. The van der Waals surface area contributed by atoms with Gasteiger partial charge in [0.25, 0.3) is 0 Å². The molecule has 28 heavy (non-hydrogen) atoms. The fourth-order valence-electron chi connectivity index (χ4n) is 4.37. The molecule has 2 heterocycles. The van der Waals surface area contributed by atoms with Crippen LogP contribution in [0.1, 0.15) is 31.2 Å². The predicted octanol–water partition coefficient (Wildman–Crippen LogP) is 1.91. The van der Waals surface area contributed by atoms with E-state index in [4.69, 9.17) is 9.47 Å². The van der Waals surface area contributed by atoms with E-state index < -0.39 is 0 Å². The van der Waals surface area contributed by atoms with Crippen LogP contribution >= 0.6 is 0 Å². The average molecular weight is 387 g/mol. The smallest absolute Gasteiger partial charge is 0.317 e. The van der Waals surface area contributed by atoms with Crippen LogP contribution in [0.4, 0.5) is 4.79 Å². The molecule has 0 aromatic heterocycles. The molecule has 1 spiro atoms. The van der Waals surface area contributed by atoms with Gasteiger partial charge in [-0.25, -0.2) is 4.79 Å². The van der Waals surface area contributed by atoms with E-state index in [9.17, 15) is 9.59 Å². The lowest BCUT2D eigenvalue weighted by Gasteiger charge is -2.37. The van der Waals surface area contributed by atoms with Crippen molar-refractivity contribution in [2.75, 3.05) is 33.4 Å². The van der Waals surface area contributed by atoms with Gasteiger partial charge in [-0.05, 0) is 43.4 Å². The third-order valence-corrected chi connectivity index (χ3v) is 6.24. The molecule has 1 saturated carbocycles. The summed E-state index contributed by atoms with van der Waals surface area (Å²) in [6, 6.07) is 7.87. The third-order valence-electron chi connectivity index (χ3n) is 6.24. The summed E-state index contributed by atoms with van der Waals surface area (Å²) < 4.78 is 10.8. The SMILES string of the molecule is COc1cccc(CNC(=O)N2CC(C(=O)NC3CC3)C3(CCOCC3)C2)c1. The van der Waals surface area contributed by atoms with Crippen LogP contribution in [0.2, 0.25) is 0 Å². The Morgan fingerprint density at radius 3 is 2.79 bits per heavy atom. The number of benzene rings is 1. The number of hydrogen-bond acceptors (Lipinski definition) is 4. The van der Waals surface area contributed by atoms with Gasteiger partial charge >= 0.3 is 6.03 Å². The minimum Gasteiger partial charge on any atom is -0.497 e. The second-order valence-electron chi connectivity index (χ2n) is 8.20. The van der Waals surface area contributed by atoms with Gasteiger partial charge < -0.3 is 25.0 Å². The quantitative estimate of drug-likeness (QED) is 0.809. The van der Waals surface area contributed by atoms with Gasteiger partial charge in [-0.15, -0.1) is 0 Å². The molecule has 1 atom stereocenters. The monoisotopic (exact) mass is 387 g/mol. The summed E-state index contributed by atoms with van der Waals surface area (Å²) in [5.41, 5.74) is 0.820. The largest absolute Gasteiger partial charge is 0.497 e. The first-order chi connectivity index (χ1) is 13.6. The highest BCUT2D eigenvalue weighted by molar-refractivity contribution is 5.83. The molecule has 3 aliphatic rings. The van der Waals surface area contributed by atoms with Crippen LogP contribution in [0.3, 0.4) is 0 Å². The molecule has 1 aliphatic carbocycles.